The van der Waals surface area contributed by atoms with Crippen LogP contribution < -0.4 is 10.6 Å². The summed E-state index contributed by atoms with van der Waals surface area (Å²) in [6.07, 6.45) is 2.81. The number of benzene rings is 1. The lowest BCUT2D eigenvalue weighted by Crippen LogP contribution is -2.46. The van der Waals surface area contributed by atoms with Gasteiger partial charge in [0.15, 0.2) is 0 Å². The van der Waals surface area contributed by atoms with Gasteiger partial charge in [0.1, 0.15) is 6.07 Å². The van der Waals surface area contributed by atoms with Gasteiger partial charge in [-0.1, -0.05) is 6.92 Å². The van der Waals surface area contributed by atoms with Crippen LogP contribution in [-0.4, -0.2) is 24.1 Å². The summed E-state index contributed by atoms with van der Waals surface area (Å²) >= 11 is 0. The maximum atomic E-state index is 9.20. The van der Waals surface area contributed by atoms with Gasteiger partial charge in [-0.3, -0.25) is 4.98 Å². The van der Waals surface area contributed by atoms with E-state index >= 15 is 0 Å². The van der Waals surface area contributed by atoms with Crippen LogP contribution in [0.1, 0.15) is 18.9 Å². The molecule has 1 aliphatic rings. The molecule has 3 rings (SSSR count). The van der Waals surface area contributed by atoms with Crippen molar-refractivity contribution in [1.29, 1.82) is 5.26 Å². The quantitative estimate of drug-likeness (QED) is 0.879. The van der Waals surface area contributed by atoms with Crippen molar-refractivity contribution in [2.45, 2.75) is 19.4 Å². The van der Waals surface area contributed by atoms with E-state index in [4.69, 9.17) is 5.73 Å². The maximum Gasteiger partial charge on any atom is 0.101 e. The summed E-state index contributed by atoms with van der Waals surface area (Å²) in [5.74, 6) is 0.584. The average molecular weight is 303 g/mol. The Kier molecular flexibility index (Phi) is 4.66. The van der Waals surface area contributed by atoms with E-state index in [9.17, 15) is 5.26 Å². The average Bonchev–Trinajstić information content (AvgIpc) is 2.45. The van der Waals surface area contributed by atoms with Crippen LogP contribution in [0.3, 0.4) is 0 Å². The van der Waals surface area contributed by atoms with Crippen molar-refractivity contribution in [2.24, 2.45) is 11.7 Å². The highest BCUT2D eigenvalue weighted by molar-refractivity contribution is 5.95. The fourth-order valence-electron chi connectivity index (χ4n) is 3.12. The Morgan fingerprint density at radius 3 is 2.86 bits per heavy atom. The van der Waals surface area contributed by atoms with Crippen LogP contribution in [0.2, 0.25) is 0 Å². The molecule has 2 atom stereocenters. The summed E-state index contributed by atoms with van der Waals surface area (Å²) < 4.78 is 0. The van der Waals surface area contributed by atoms with Gasteiger partial charge in [0, 0.05) is 36.4 Å². The highest BCUT2D eigenvalue weighted by Gasteiger charge is 2.23. The Morgan fingerprint density at radius 2 is 2.14 bits per heavy atom. The molecule has 0 saturated carbocycles. The number of hydrogen-bond acceptors (Lipinski definition) is 4. The number of halogens is 1. The van der Waals surface area contributed by atoms with E-state index in [1.165, 1.54) is 0 Å². The summed E-state index contributed by atoms with van der Waals surface area (Å²) in [4.78, 5) is 6.69. The van der Waals surface area contributed by atoms with Gasteiger partial charge < -0.3 is 10.6 Å². The molecule has 2 heterocycles. The first kappa shape index (κ1) is 15.6. The Balaban J connectivity index is 0.00000161. The van der Waals surface area contributed by atoms with Gasteiger partial charge >= 0.3 is 0 Å². The number of nitrogens with zero attached hydrogens (tertiary/aromatic N) is 3. The third kappa shape index (κ3) is 2.94. The van der Waals surface area contributed by atoms with Gasteiger partial charge in [0.2, 0.25) is 0 Å². The maximum absolute atomic E-state index is 9.20. The van der Waals surface area contributed by atoms with Gasteiger partial charge in [0.25, 0.3) is 0 Å². The van der Waals surface area contributed by atoms with Crippen molar-refractivity contribution >= 4 is 29.0 Å². The summed E-state index contributed by atoms with van der Waals surface area (Å²) in [7, 11) is 0. The van der Waals surface area contributed by atoms with E-state index in [2.05, 4.69) is 22.9 Å². The van der Waals surface area contributed by atoms with Crippen molar-refractivity contribution in [1.82, 2.24) is 4.98 Å². The van der Waals surface area contributed by atoms with E-state index < -0.39 is 0 Å². The third-order valence-electron chi connectivity index (χ3n) is 3.90. The number of nitrogens with two attached hydrogens (primary N) is 1. The normalized spacial score (nSPS) is 21.7. The second kappa shape index (κ2) is 6.30. The molecule has 1 saturated heterocycles. The smallest absolute Gasteiger partial charge is 0.101 e. The Bertz CT molecular complexity index is 670. The first-order valence-corrected chi connectivity index (χ1v) is 6.97. The van der Waals surface area contributed by atoms with Crippen LogP contribution in [0.5, 0.6) is 0 Å². The number of hydrogen-bond donors (Lipinski definition) is 1. The zero-order valence-electron chi connectivity index (χ0n) is 12.0. The minimum atomic E-state index is 0. The van der Waals surface area contributed by atoms with E-state index in [-0.39, 0.29) is 18.4 Å². The van der Waals surface area contributed by atoms with E-state index in [0.717, 1.165) is 36.1 Å². The fraction of sp³-hybridized carbons (Fsp3) is 0.375. The van der Waals surface area contributed by atoms with Gasteiger partial charge in [-0.15, -0.1) is 12.4 Å². The molecule has 2 N–H and O–H groups in total. The Labute approximate surface area is 131 Å². The molecule has 0 amide bonds. The Hall–Kier alpha value is -1.83. The monoisotopic (exact) mass is 302 g/mol. The lowest BCUT2D eigenvalue weighted by Gasteiger charge is -2.37. The molecule has 110 valence electrons. The summed E-state index contributed by atoms with van der Waals surface area (Å²) in [6, 6.07) is 10.2. The standard InChI is InChI=1S/C16H18N4.ClH/c1-11-7-13(18)10-20(9-11)15-5-4-12(8-17)16-14(15)3-2-6-19-16;/h2-6,11,13H,7,9-10,18H2,1H3;1H/t11-,13+;/m0./s1. The van der Waals surface area contributed by atoms with Gasteiger partial charge in [-0.25, -0.2) is 0 Å². The van der Waals surface area contributed by atoms with Gasteiger partial charge in [-0.05, 0) is 36.6 Å². The van der Waals surface area contributed by atoms with E-state index in [1.54, 1.807) is 6.20 Å². The predicted molar refractivity (Wildman–Crippen MR) is 87.7 cm³/mol. The molecule has 1 aromatic heterocycles. The van der Waals surface area contributed by atoms with Crippen LogP contribution in [0, 0.1) is 17.2 Å². The topological polar surface area (TPSA) is 65.9 Å². The lowest BCUT2D eigenvalue weighted by molar-refractivity contribution is 0.402. The molecule has 4 nitrogen and oxygen atoms in total. The molecular formula is C16H19ClN4. The Morgan fingerprint density at radius 1 is 1.33 bits per heavy atom. The van der Waals surface area contributed by atoms with Crippen LogP contribution in [-0.2, 0) is 0 Å². The molecule has 0 radical (unpaired) electrons. The molecule has 0 unspecified atom stereocenters. The molecule has 5 heteroatoms. The zero-order valence-corrected chi connectivity index (χ0v) is 12.8. The van der Waals surface area contributed by atoms with Crippen molar-refractivity contribution in [3.05, 3.63) is 36.0 Å². The van der Waals surface area contributed by atoms with Gasteiger partial charge in [0.05, 0.1) is 11.1 Å². The molecule has 2 aromatic rings. The number of pyridine rings is 1. The molecule has 0 spiro atoms. The van der Waals surface area contributed by atoms with Crippen LogP contribution in [0.15, 0.2) is 30.5 Å². The second-order valence-corrected chi connectivity index (χ2v) is 5.65. The number of fused-ring (bicyclic) bond motifs is 1. The molecule has 1 fully saturated rings. The highest BCUT2D eigenvalue weighted by atomic mass is 35.5. The van der Waals surface area contributed by atoms with Crippen molar-refractivity contribution in [3.63, 3.8) is 0 Å². The highest BCUT2D eigenvalue weighted by Crippen LogP contribution is 2.30. The van der Waals surface area contributed by atoms with Crippen LogP contribution >= 0.6 is 12.4 Å². The molecule has 0 aliphatic carbocycles. The summed E-state index contributed by atoms with van der Waals surface area (Å²) in [5, 5.41) is 10.2. The van der Waals surface area contributed by atoms with E-state index in [0.29, 0.717) is 11.5 Å². The molecule has 1 aromatic carbocycles. The van der Waals surface area contributed by atoms with Crippen molar-refractivity contribution < 1.29 is 0 Å². The lowest BCUT2D eigenvalue weighted by atomic mass is 9.95. The summed E-state index contributed by atoms with van der Waals surface area (Å²) in [5.41, 5.74) is 8.68. The van der Waals surface area contributed by atoms with Gasteiger partial charge in [-0.2, -0.15) is 5.26 Å². The zero-order chi connectivity index (χ0) is 14.1. The number of aromatic nitrogens is 1. The molecule has 1 aliphatic heterocycles. The minimum Gasteiger partial charge on any atom is -0.369 e. The fourth-order valence-corrected chi connectivity index (χ4v) is 3.12. The molecule has 21 heavy (non-hydrogen) atoms. The first-order chi connectivity index (χ1) is 9.69. The molecular weight excluding hydrogens is 284 g/mol. The van der Waals surface area contributed by atoms with E-state index in [1.807, 2.05) is 24.3 Å². The van der Waals surface area contributed by atoms with Crippen molar-refractivity contribution in [2.75, 3.05) is 18.0 Å². The van der Waals surface area contributed by atoms with Crippen molar-refractivity contribution in [3.8, 4) is 6.07 Å². The van der Waals surface area contributed by atoms with Crippen LogP contribution in [0.4, 0.5) is 5.69 Å². The van der Waals surface area contributed by atoms with Crippen LogP contribution in [0.25, 0.3) is 10.9 Å². The predicted octanol–water partition coefficient (Wildman–Crippen LogP) is 2.70. The third-order valence-corrected chi connectivity index (χ3v) is 3.90. The number of piperidine rings is 1. The number of rotatable bonds is 1. The number of anilines is 1. The second-order valence-electron chi connectivity index (χ2n) is 5.65. The largest absolute Gasteiger partial charge is 0.369 e. The summed E-state index contributed by atoms with van der Waals surface area (Å²) in [6.45, 7) is 4.10. The first-order valence-electron chi connectivity index (χ1n) is 6.97. The number of nitriles is 1. The SMILES string of the molecule is C[C@H]1C[C@@H](N)CN(c2ccc(C#N)c3ncccc23)C1.Cl. The minimum absolute atomic E-state index is 0. The molecule has 0 bridgehead atoms.